The van der Waals surface area contributed by atoms with Crippen LogP contribution in [0.2, 0.25) is 0 Å². The molecule has 0 aliphatic carbocycles. The lowest BCUT2D eigenvalue weighted by Gasteiger charge is -2.40. The van der Waals surface area contributed by atoms with Crippen molar-refractivity contribution in [3.63, 3.8) is 0 Å². The minimum absolute atomic E-state index is 0.281. The number of hydrogen-bond acceptors (Lipinski definition) is 4. The van der Waals surface area contributed by atoms with Gasteiger partial charge in [-0.25, -0.2) is 4.39 Å². The van der Waals surface area contributed by atoms with Gasteiger partial charge >= 0.3 is 5.97 Å². The number of carbonyl (C=O) groups is 1. The molecule has 0 unspecified atom stereocenters. The average molecular weight is 339 g/mol. The molecular formula is C18H26FNO4. The molecule has 1 saturated heterocycles. The second kappa shape index (κ2) is 8.99. The number of hydrogen-bond donors (Lipinski definition) is 1. The van der Waals surface area contributed by atoms with Gasteiger partial charge in [0.1, 0.15) is 11.6 Å². The van der Waals surface area contributed by atoms with Crippen LogP contribution in [0.1, 0.15) is 25.7 Å². The first-order chi connectivity index (χ1) is 11.6. The number of ether oxygens (including phenoxy) is 2. The van der Waals surface area contributed by atoms with Crippen LogP contribution >= 0.6 is 0 Å². The molecule has 2 rings (SSSR count). The molecule has 1 atom stereocenters. The third-order valence-corrected chi connectivity index (χ3v) is 4.60. The zero-order chi connectivity index (χ0) is 17.4. The molecule has 0 bridgehead atoms. The van der Waals surface area contributed by atoms with Crippen LogP contribution in [0.25, 0.3) is 0 Å². The first-order valence-corrected chi connectivity index (χ1v) is 8.39. The summed E-state index contributed by atoms with van der Waals surface area (Å²) in [6.07, 6.45) is 2.93. The minimum Gasteiger partial charge on any atom is -0.494 e. The Bertz CT molecular complexity index is 522. The highest BCUT2D eigenvalue weighted by Gasteiger charge is 2.41. The third-order valence-electron chi connectivity index (χ3n) is 4.60. The van der Waals surface area contributed by atoms with Crippen LogP contribution in [-0.4, -0.2) is 55.9 Å². The van der Waals surface area contributed by atoms with Crippen LogP contribution in [0, 0.1) is 11.2 Å². The zero-order valence-corrected chi connectivity index (χ0v) is 14.2. The van der Waals surface area contributed by atoms with E-state index in [9.17, 15) is 14.3 Å². The molecular weight excluding hydrogens is 313 g/mol. The Morgan fingerprint density at radius 1 is 1.33 bits per heavy atom. The largest absolute Gasteiger partial charge is 0.494 e. The second-order valence-electron chi connectivity index (χ2n) is 6.36. The molecule has 24 heavy (non-hydrogen) atoms. The Hall–Kier alpha value is -1.66. The molecule has 1 heterocycles. The molecule has 5 nitrogen and oxygen atoms in total. The lowest BCUT2D eigenvalue weighted by Crippen LogP contribution is -2.48. The van der Waals surface area contributed by atoms with E-state index in [1.165, 1.54) is 12.1 Å². The summed E-state index contributed by atoms with van der Waals surface area (Å²) in [5.74, 6) is -0.362. The van der Waals surface area contributed by atoms with Gasteiger partial charge in [-0.05, 0) is 56.5 Å². The van der Waals surface area contributed by atoms with Gasteiger partial charge in [0.05, 0.1) is 12.0 Å². The summed E-state index contributed by atoms with van der Waals surface area (Å²) < 4.78 is 23.5. The molecule has 0 amide bonds. The first kappa shape index (κ1) is 18.7. The molecule has 6 heteroatoms. The molecule has 1 aromatic carbocycles. The predicted molar refractivity (Wildman–Crippen MR) is 88.7 cm³/mol. The van der Waals surface area contributed by atoms with Gasteiger partial charge in [-0.1, -0.05) is 0 Å². The van der Waals surface area contributed by atoms with E-state index in [4.69, 9.17) is 9.47 Å². The van der Waals surface area contributed by atoms with Crippen LogP contribution in [0.3, 0.4) is 0 Å². The maximum atomic E-state index is 12.8. The van der Waals surface area contributed by atoms with Crippen molar-refractivity contribution >= 4 is 5.97 Å². The van der Waals surface area contributed by atoms with Crippen molar-refractivity contribution in [1.82, 2.24) is 4.90 Å². The third kappa shape index (κ3) is 5.18. The summed E-state index contributed by atoms with van der Waals surface area (Å²) in [5, 5.41) is 9.64. The van der Waals surface area contributed by atoms with Gasteiger partial charge in [-0.3, -0.25) is 4.79 Å². The van der Waals surface area contributed by atoms with Gasteiger partial charge in [0.25, 0.3) is 0 Å². The van der Waals surface area contributed by atoms with Crippen molar-refractivity contribution < 1.29 is 23.8 Å². The van der Waals surface area contributed by atoms with E-state index in [2.05, 4.69) is 4.90 Å². The number of piperidine rings is 1. The van der Waals surface area contributed by atoms with Crippen molar-refractivity contribution in [2.75, 3.05) is 40.0 Å². The molecule has 0 radical (unpaired) electrons. The number of aliphatic carboxylic acids is 1. The number of nitrogens with zero attached hydrogens (tertiary/aromatic N) is 1. The lowest BCUT2D eigenvalue weighted by atomic mass is 9.77. The van der Waals surface area contributed by atoms with Crippen LogP contribution in [0.15, 0.2) is 24.3 Å². The van der Waals surface area contributed by atoms with Crippen molar-refractivity contribution in [1.29, 1.82) is 0 Å². The van der Waals surface area contributed by atoms with E-state index < -0.39 is 11.4 Å². The first-order valence-electron chi connectivity index (χ1n) is 8.39. The van der Waals surface area contributed by atoms with Crippen LogP contribution in [0.4, 0.5) is 4.39 Å². The average Bonchev–Trinajstić information content (AvgIpc) is 2.58. The van der Waals surface area contributed by atoms with Gasteiger partial charge in [0, 0.05) is 26.8 Å². The fourth-order valence-corrected chi connectivity index (χ4v) is 3.21. The van der Waals surface area contributed by atoms with Gasteiger partial charge in [0.2, 0.25) is 0 Å². The minimum atomic E-state index is -0.730. The van der Waals surface area contributed by atoms with E-state index in [0.717, 1.165) is 25.9 Å². The van der Waals surface area contributed by atoms with Crippen molar-refractivity contribution in [2.45, 2.75) is 25.7 Å². The highest BCUT2D eigenvalue weighted by atomic mass is 19.1. The van der Waals surface area contributed by atoms with Crippen molar-refractivity contribution in [2.24, 2.45) is 5.41 Å². The molecule has 134 valence electrons. The standard InChI is InChI=1S/C18H26FNO4/c1-23-13-9-18(17(21)22)8-2-10-20(14-18)11-3-12-24-16-6-4-15(19)5-7-16/h4-7H,2-3,8-14H2,1H3,(H,21,22)/t18-/m0/s1. The molecule has 1 aromatic rings. The Morgan fingerprint density at radius 2 is 2.08 bits per heavy atom. The Labute approximate surface area is 142 Å². The number of benzene rings is 1. The summed E-state index contributed by atoms with van der Waals surface area (Å²) in [6.45, 7) is 3.26. The Kier molecular flexibility index (Phi) is 6.99. The van der Waals surface area contributed by atoms with Gasteiger partial charge in [0.15, 0.2) is 0 Å². The van der Waals surface area contributed by atoms with E-state index in [1.807, 2.05) is 0 Å². The fourth-order valence-electron chi connectivity index (χ4n) is 3.21. The molecule has 1 aliphatic heterocycles. The number of methoxy groups -OCH3 is 1. The quantitative estimate of drug-likeness (QED) is 0.701. The number of likely N-dealkylation sites (tertiary alicyclic amines) is 1. The maximum Gasteiger partial charge on any atom is 0.311 e. The summed E-state index contributed by atoms with van der Waals surface area (Å²) in [7, 11) is 1.60. The molecule has 1 aliphatic rings. The van der Waals surface area contributed by atoms with E-state index in [1.54, 1.807) is 19.2 Å². The lowest BCUT2D eigenvalue weighted by molar-refractivity contribution is -0.154. The molecule has 1 fully saturated rings. The SMILES string of the molecule is COCC[C@@]1(C(=O)O)CCCN(CCCOc2ccc(F)cc2)C1. The van der Waals surface area contributed by atoms with Crippen molar-refractivity contribution in [3.05, 3.63) is 30.1 Å². The van der Waals surface area contributed by atoms with E-state index in [-0.39, 0.29) is 5.82 Å². The zero-order valence-electron chi connectivity index (χ0n) is 14.2. The predicted octanol–water partition coefficient (Wildman–Crippen LogP) is 2.80. The summed E-state index contributed by atoms with van der Waals surface area (Å²) in [6, 6.07) is 5.96. The number of rotatable bonds is 9. The Morgan fingerprint density at radius 3 is 2.75 bits per heavy atom. The number of carboxylic acids is 1. The monoisotopic (exact) mass is 339 g/mol. The molecule has 1 N–H and O–H groups in total. The fraction of sp³-hybridized carbons (Fsp3) is 0.611. The topological polar surface area (TPSA) is 59.0 Å². The van der Waals surface area contributed by atoms with Crippen LogP contribution in [0.5, 0.6) is 5.75 Å². The molecule has 0 aromatic heterocycles. The normalized spacial score (nSPS) is 21.6. The second-order valence-corrected chi connectivity index (χ2v) is 6.36. The van der Waals surface area contributed by atoms with E-state index >= 15 is 0 Å². The summed E-state index contributed by atoms with van der Waals surface area (Å²) in [4.78, 5) is 13.9. The van der Waals surface area contributed by atoms with Gasteiger partial charge in [-0.15, -0.1) is 0 Å². The number of halogens is 1. The van der Waals surface area contributed by atoms with E-state index in [0.29, 0.717) is 38.3 Å². The van der Waals surface area contributed by atoms with Crippen LogP contribution in [-0.2, 0) is 9.53 Å². The highest BCUT2D eigenvalue weighted by Crippen LogP contribution is 2.34. The van der Waals surface area contributed by atoms with Crippen molar-refractivity contribution in [3.8, 4) is 5.75 Å². The summed E-state index contributed by atoms with van der Waals surface area (Å²) >= 11 is 0. The maximum absolute atomic E-state index is 12.8. The highest BCUT2D eigenvalue weighted by molar-refractivity contribution is 5.75. The van der Waals surface area contributed by atoms with Gasteiger partial charge in [-0.2, -0.15) is 0 Å². The molecule has 0 saturated carbocycles. The Balaban J connectivity index is 1.77. The van der Waals surface area contributed by atoms with Crippen LogP contribution < -0.4 is 4.74 Å². The summed E-state index contributed by atoms with van der Waals surface area (Å²) in [5.41, 5.74) is -0.702. The number of carboxylic acid groups (broad SMARTS) is 1. The van der Waals surface area contributed by atoms with Gasteiger partial charge < -0.3 is 19.5 Å². The smallest absolute Gasteiger partial charge is 0.311 e. The molecule has 0 spiro atoms.